The number of piperidine rings is 1. The van der Waals surface area contributed by atoms with Crippen LogP contribution in [0, 0.1) is 0 Å². The topological polar surface area (TPSA) is 62.7 Å². The summed E-state index contributed by atoms with van der Waals surface area (Å²) in [5, 5.41) is 10.3. The van der Waals surface area contributed by atoms with E-state index in [0.29, 0.717) is 13.2 Å². The van der Waals surface area contributed by atoms with Crippen molar-refractivity contribution >= 4 is 17.0 Å². The van der Waals surface area contributed by atoms with Crippen molar-refractivity contribution in [1.29, 1.82) is 0 Å². The first kappa shape index (κ1) is 13.8. The Bertz CT molecular complexity index is 644. The quantitative estimate of drug-likeness (QED) is 0.940. The number of amides is 1. The van der Waals surface area contributed by atoms with Gasteiger partial charge in [0.2, 0.25) is 0 Å². The molecule has 1 atom stereocenters. The van der Waals surface area contributed by atoms with E-state index >= 15 is 0 Å². The van der Waals surface area contributed by atoms with Gasteiger partial charge in [-0.2, -0.15) is 0 Å². The van der Waals surface area contributed by atoms with E-state index in [0.717, 1.165) is 35.7 Å². The highest BCUT2D eigenvalue weighted by atomic mass is 16.5. The number of hydrogen-bond acceptors (Lipinski definition) is 3. The number of carbonyl (C=O) groups is 1. The van der Waals surface area contributed by atoms with Crippen LogP contribution in [0.25, 0.3) is 10.9 Å². The Hall–Kier alpha value is -2.14. The maximum Gasteiger partial charge on any atom is 0.409 e. The highest BCUT2D eigenvalue weighted by Gasteiger charge is 2.26. The van der Waals surface area contributed by atoms with Gasteiger partial charge < -0.3 is 9.84 Å². The fourth-order valence-electron chi connectivity index (χ4n) is 2.69. The van der Waals surface area contributed by atoms with Gasteiger partial charge in [-0.1, -0.05) is 18.2 Å². The molecule has 1 aromatic carbocycles. The molecule has 21 heavy (non-hydrogen) atoms. The van der Waals surface area contributed by atoms with Gasteiger partial charge in [0.1, 0.15) is 6.23 Å². The van der Waals surface area contributed by atoms with E-state index in [1.54, 1.807) is 6.20 Å². The van der Waals surface area contributed by atoms with E-state index in [2.05, 4.69) is 4.98 Å². The van der Waals surface area contributed by atoms with E-state index in [4.69, 9.17) is 4.74 Å². The molecule has 1 N–H and O–H groups in total. The molecule has 0 saturated carbocycles. The van der Waals surface area contributed by atoms with Crippen LogP contribution in [0.4, 0.5) is 4.79 Å². The molecule has 5 nitrogen and oxygen atoms in total. The lowest BCUT2D eigenvalue weighted by atomic mass is 10.1. The molecule has 1 unspecified atom stereocenters. The summed E-state index contributed by atoms with van der Waals surface area (Å²) in [6.45, 7) is 0.959. The number of rotatable bonds is 3. The Morgan fingerprint density at radius 2 is 2.29 bits per heavy atom. The van der Waals surface area contributed by atoms with Crippen molar-refractivity contribution < 1.29 is 14.6 Å². The molecule has 1 amide bonds. The zero-order valence-electron chi connectivity index (χ0n) is 11.7. The van der Waals surface area contributed by atoms with E-state index in [1.807, 2.05) is 30.3 Å². The van der Waals surface area contributed by atoms with E-state index in [-0.39, 0.29) is 6.23 Å². The van der Waals surface area contributed by atoms with Gasteiger partial charge in [-0.15, -0.1) is 0 Å². The number of fused-ring (bicyclic) bond motifs is 1. The second kappa shape index (κ2) is 6.10. The molecule has 0 spiro atoms. The fourth-order valence-corrected chi connectivity index (χ4v) is 2.69. The molecule has 0 bridgehead atoms. The summed E-state index contributed by atoms with van der Waals surface area (Å²) in [4.78, 5) is 16.9. The summed E-state index contributed by atoms with van der Waals surface area (Å²) in [5.41, 5.74) is 1.94. The van der Waals surface area contributed by atoms with Crippen molar-refractivity contribution in [1.82, 2.24) is 9.88 Å². The highest BCUT2D eigenvalue weighted by Crippen LogP contribution is 2.20. The Morgan fingerprint density at radius 3 is 3.14 bits per heavy atom. The average molecular weight is 286 g/mol. The molecule has 1 aliphatic heterocycles. The van der Waals surface area contributed by atoms with Gasteiger partial charge in [0.25, 0.3) is 0 Å². The zero-order chi connectivity index (χ0) is 14.7. The predicted octanol–water partition coefficient (Wildman–Crippen LogP) is 3.24. The van der Waals surface area contributed by atoms with Crippen molar-refractivity contribution in [3.8, 4) is 0 Å². The van der Waals surface area contributed by atoms with Crippen LogP contribution in [0.3, 0.4) is 0 Å². The predicted molar refractivity (Wildman–Crippen MR) is 78.9 cm³/mol. The Morgan fingerprint density at radius 1 is 1.38 bits per heavy atom. The van der Waals surface area contributed by atoms with Gasteiger partial charge in [0.05, 0.1) is 12.1 Å². The third-order valence-electron chi connectivity index (χ3n) is 3.81. The van der Waals surface area contributed by atoms with E-state index < -0.39 is 6.09 Å². The Kier molecular flexibility index (Phi) is 4.01. The Labute approximate surface area is 123 Å². The maximum absolute atomic E-state index is 11.2. The first-order valence-electron chi connectivity index (χ1n) is 7.19. The fraction of sp³-hybridized carbons (Fsp3) is 0.375. The average Bonchev–Trinajstić information content (AvgIpc) is 2.53. The molecule has 0 radical (unpaired) electrons. The van der Waals surface area contributed by atoms with Crippen molar-refractivity contribution in [2.45, 2.75) is 32.1 Å². The van der Waals surface area contributed by atoms with E-state index in [9.17, 15) is 9.90 Å². The number of ether oxygens (including phenoxy) is 1. The summed E-state index contributed by atoms with van der Waals surface area (Å²) in [7, 11) is 0. The third-order valence-corrected chi connectivity index (χ3v) is 3.81. The van der Waals surface area contributed by atoms with Crippen LogP contribution in [0.2, 0.25) is 0 Å². The normalized spacial score (nSPS) is 18.9. The van der Waals surface area contributed by atoms with Crippen LogP contribution in [0.5, 0.6) is 0 Å². The minimum atomic E-state index is -0.903. The molecule has 1 fully saturated rings. The standard InChI is InChI=1S/C16H18N2O3/c19-16(20)18-9-2-1-5-15(18)21-11-12-6-7-13-4-3-8-17-14(13)10-12/h3-4,6-8,10,15H,1-2,5,9,11H2,(H,19,20). The van der Waals surface area contributed by atoms with Gasteiger partial charge in [-0.3, -0.25) is 9.88 Å². The molecule has 0 aliphatic carbocycles. The lowest BCUT2D eigenvalue weighted by Gasteiger charge is -2.33. The zero-order valence-corrected chi connectivity index (χ0v) is 11.7. The molecular weight excluding hydrogens is 268 g/mol. The minimum absolute atomic E-state index is 0.337. The van der Waals surface area contributed by atoms with Crippen LogP contribution in [-0.2, 0) is 11.3 Å². The monoisotopic (exact) mass is 286 g/mol. The maximum atomic E-state index is 11.2. The van der Waals surface area contributed by atoms with Gasteiger partial charge in [-0.05, 0) is 37.0 Å². The lowest BCUT2D eigenvalue weighted by molar-refractivity contribution is -0.0745. The number of benzene rings is 1. The van der Waals surface area contributed by atoms with Crippen molar-refractivity contribution in [2.75, 3.05) is 6.54 Å². The molecule has 1 aromatic heterocycles. The van der Waals surface area contributed by atoms with Gasteiger partial charge in [0.15, 0.2) is 0 Å². The molecule has 2 heterocycles. The van der Waals surface area contributed by atoms with E-state index in [1.165, 1.54) is 4.90 Å². The second-order valence-electron chi connectivity index (χ2n) is 5.27. The number of nitrogens with zero attached hydrogens (tertiary/aromatic N) is 2. The summed E-state index contributed by atoms with van der Waals surface area (Å²) in [6, 6.07) is 9.92. The first-order valence-corrected chi connectivity index (χ1v) is 7.19. The number of hydrogen-bond donors (Lipinski definition) is 1. The second-order valence-corrected chi connectivity index (χ2v) is 5.27. The number of pyridine rings is 1. The smallest absolute Gasteiger partial charge is 0.409 e. The van der Waals surface area contributed by atoms with Gasteiger partial charge in [-0.25, -0.2) is 4.79 Å². The van der Waals surface area contributed by atoms with Crippen LogP contribution in [-0.4, -0.2) is 33.9 Å². The molecule has 5 heteroatoms. The summed E-state index contributed by atoms with van der Waals surface area (Å²) < 4.78 is 5.81. The Balaban J connectivity index is 1.69. The summed E-state index contributed by atoms with van der Waals surface area (Å²) >= 11 is 0. The molecule has 2 aromatic rings. The van der Waals surface area contributed by atoms with Crippen LogP contribution < -0.4 is 0 Å². The number of aromatic nitrogens is 1. The molecule has 110 valence electrons. The van der Waals surface area contributed by atoms with Crippen LogP contribution >= 0.6 is 0 Å². The van der Waals surface area contributed by atoms with Crippen LogP contribution in [0.1, 0.15) is 24.8 Å². The highest BCUT2D eigenvalue weighted by molar-refractivity contribution is 5.78. The largest absolute Gasteiger partial charge is 0.465 e. The van der Waals surface area contributed by atoms with Gasteiger partial charge >= 0.3 is 6.09 Å². The molecular formula is C16H18N2O3. The number of likely N-dealkylation sites (tertiary alicyclic amines) is 1. The third kappa shape index (κ3) is 3.13. The SMILES string of the molecule is O=C(O)N1CCCCC1OCc1ccc2cccnc2c1. The minimum Gasteiger partial charge on any atom is -0.465 e. The van der Waals surface area contributed by atoms with Crippen molar-refractivity contribution in [2.24, 2.45) is 0 Å². The van der Waals surface area contributed by atoms with Crippen molar-refractivity contribution in [3.05, 3.63) is 42.1 Å². The summed E-state index contributed by atoms with van der Waals surface area (Å²) in [6.07, 6.45) is 3.20. The number of carboxylic acid groups (broad SMARTS) is 1. The summed E-state index contributed by atoms with van der Waals surface area (Å²) in [5.74, 6) is 0. The van der Waals surface area contributed by atoms with Crippen molar-refractivity contribution in [3.63, 3.8) is 0 Å². The first-order chi connectivity index (χ1) is 10.2. The lowest BCUT2D eigenvalue weighted by Crippen LogP contribution is -2.44. The van der Waals surface area contributed by atoms with Gasteiger partial charge in [0, 0.05) is 18.1 Å². The molecule has 1 aliphatic rings. The molecule has 3 rings (SSSR count). The van der Waals surface area contributed by atoms with Crippen LogP contribution in [0.15, 0.2) is 36.5 Å². The molecule has 1 saturated heterocycles.